The number of nitrogens with zero attached hydrogens (tertiary/aromatic N) is 2. The quantitative estimate of drug-likeness (QED) is 0.203. The van der Waals surface area contributed by atoms with Crippen LogP contribution in [0.25, 0.3) is 33.4 Å². The Labute approximate surface area is 280 Å². The smallest absolute Gasteiger partial charge is 0.255 e. The van der Waals surface area contributed by atoms with Gasteiger partial charge in [0.05, 0.1) is 54.5 Å². The van der Waals surface area contributed by atoms with Crippen molar-refractivity contribution >= 4 is 38.5 Å². The van der Waals surface area contributed by atoms with Crippen molar-refractivity contribution in [2.45, 2.75) is 12.5 Å². The minimum absolute atomic E-state index is 0.0285. The van der Waals surface area contributed by atoms with Crippen molar-refractivity contribution in [3.63, 3.8) is 0 Å². The van der Waals surface area contributed by atoms with E-state index in [1.165, 1.54) is 62.7 Å². The Morgan fingerprint density at radius 3 is 2.31 bits per heavy atom. The van der Waals surface area contributed by atoms with E-state index in [1.807, 2.05) is 0 Å². The van der Waals surface area contributed by atoms with Gasteiger partial charge in [-0.3, -0.25) is 18.9 Å². The number of methoxy groups -OCH3 is 1. The van der Waals surface area contributed by atoms with E-state index in [1.54, 1.807) is 31.3 Å². The number of amides is 2. The van der Waals surface area contributed by atoms with Crippen LogP contribution in [0, 0.1) is 11.6 Å². The molecule has 1 fully saturated rings. The average Bonchev–Trinajstić information content (AvgIpc) is 3.46. The molecule has 49 heavy (non-hydrogen) atoms. The number of fused-ring (bicyclic) bond motifs is 1. The second kappa shape index (κ2) is 12.9. The van der Waals surface area contributed by atoms with Crippen molar-refractivity contribution in [2.24, 2.45) is 0 Å². The molecule has 0 saturated carbocycles. The van der Waals surface area contributed by atoms with Gasteiger partial charge in [0.1, 0.15) is 34.3 Å². The Balaban J connectivity index is 1.59. The summed E-state index contributed by atoms with van der Waals surface area (Å²) in [5.74, 6) is -2.64. The largest absolute Gasteiger partial charge is 0.496 e. The van der Waals surface area contributed by atoms with E-state index >= 15 is 4.39 Å². The maximum Gasteiger partial charge on any atom is 0.255 e. The van der Waals surface area contributed by atoms with Gasteiger partial charge < -0.3 is 24.5 Å². The molecule has 0 aliphatic carbocycles. The maximum absolute atomic E-state index is 17.2. The number of hydrogen-bond donors (Lipinski definition) is 2. The number of ether oxygens (including phenoxy) is 2. The van der Waals surface area contributed by atoms with Crippen molar-refractivity contribution in [3.05, 3.63) is 101 Å². The molecule has 3 heterocycles. The third kappa shape index (κ3) is 5.97. The SMILES string of the molecule is CCN(c1cc2oc(-c3ccc(F)cc3)c(C(=O)NC)c2c(F)c1-c1ccc(OC)c(C(=O)NC2(c3ccccn3)COC2)c1)S(C)(=O)=O. The van der Waals surface area contributed by atoms with Crippen molar-refractivity contribution in [2.75, 3.05) is 44.5 Å². The molecular weight excluding hydrogens is 658 g/mol. The highest BCUT2D eigenvalue weighted by Gasteiger charge is 2.43. The number of benzene rings is 3. The van der Waals surface area contributed by atoms with E-state index in [0.29, 0.717) is 11.3 Å². The molecule has 0 radical (unpaired) electrons. The molecule has 2 N–H and O–H groups in total. The first kappa shape index (κ1) is 33.6. The summed E-state index contributed by atoms with van der Waals surface area (Å²) < 4.78 is 75.1. The lowest BCUT2D eigenvalue weighted by molar-refractivity contribution is -0.0755. The third-order valence-corrected chi connectivity index (χ3v) is 9.61. The van der Waals surface area contributed by atoms with Gasteiger partial charge in [-0.2, -0.15) is 0 Å². The van der Waals surface area contributed by atoms with Crippen molar-refractivity contribution < 1.29 is 40.7 Å². The standard InChI is InChI=1S/C35H32F2N4O7S/c1-5-41(49(4,44)45)24-17-26-29(30(34(43)38-2)32(48-26)20-9-12-22(36)13-10-20)31(37)28(24)21-11-14-25(46-3)23(16-21)33(42)40-35(18-47-19-35)27-8-6-7-15-39-27/h6-17H,5,18-19H2,1-4H3,(H,38,43)(H,40,42). The van der Waals surface area contributed by atoms with Gasteiger partial charge in [0.25, 0.3) is 11.8 Å². The summed E-state index contributed by atoms with van der Waals surface area (Å²) in [6, 6.07) is 16.1. The number of carbonyl (C=O) groups is 2. The van der Waals surface area contributed by atoms with Crippen LogP contribution in [0.4, 0.5) is 14.5 Å². The number of anilines is 1. The lowest BCUT2D eigenvalue weighted by Gasteiger charge is -2.41. The molecule has 0 spiro atoms. The Morgan fingerprint density at radius 1 is 1.02 bits per heavy atom. The van der Waals surface area contributed by atoms with E-state index in [-0.39, 0.29) is 70.2 Å². The van der Waals surface area contributed by atoms with Crippen LogP contribution in [0.15, 0.2) is 77.3 Å². The van der Waals surface area contributed by atoms with Crippen LogP contribution >= 0.6 is 0 Å². The van der Waals surface area contributed by atoms with Gasteiger partial charge in [0.2, 0.25) is 10.0 Å². The minimum atomic E-state index is -3.98. The van der Waals surface area contributed by atoms with Crippen LogP contribution in [-0.4, -0.2) is 65.4 Å². The van der Waals surface area contributed by atoms with Crippen molar-refractivity contribution in [1.82, 2.24) is 15.6 Å². The number of sulfonamides is 1. The highest BCUT2D eigenvalue weighted by atomic mass is 32.2. The Bertz CT molecular complexity index is 2190. The summed E-state index contributed by atoms with van der Waals surface area (Å²) in [4.78, 5) is 31.6. The summed E-state index contributed by atoms with van der Waals surface area (Å²) in [6.45, 7) is 1.85. The zero-order chi connectivity index (χ0) is 35.1. The number of carbonyl (C=O) groups excluding carboxylic acids is 2. The fourth-order valence-corrected chi connectivity index (χ4v) is 6.94. The van der Waals surface area contributed by atoms with Crippen LogP contribution in [0.2, 0.25) is 0 Å². The van der Waals surface area contributed by atoms with E-state index in [0.717, 1.165) is 10.6 Å². The molecule has 5 aromatic rings. The van der Waals surface area contributed by atoms with Gasteiger partial charge in [0, 0.05) is 37.0 Å². The summed E-state index contributed by atoms with van der Waals surface area (Å²) >= 11 is 0. The van der Waals surface area contributed by atoms with E-state index in [2.05, 4.69) is 15.6 Å². The first-order valence-electron chi connectivity index (χ1n) is 15.2. The molecule has 0 bridgehead atoms. The summed E-state index contributed by atoms with van der Waals surface area (Å²) in [7, 11) is -1.23. The normalized spacial score (nSPS) is 13.8. The average molecular weight is 691 g/mol. The van der Waals surface area contributed by atoms with E-state index in [9.17, 15) is 22.4 Å². The molecule has 0 atom stereocenters. The van der Waals surface area contributed by atoms with Crippen LogP contribution in [-0.2, 0) is 20.3 Å². The Kier molecular flexibility index (Phi) is 8.86. The molecule has 1 aliphatic rings. The molecule has 6 rings (SSSR count). The number of rotatable bonds is 10. The molecule has 0 unspecified atom stereocenters. The number of furan rings is 1. The number of hydrogen-bond acceptors (Lipinski definition) is 8. The van der Waals surface area contributed by atoms with Crippen LogP contribution in [0.1, 0.15) is 33.3 Å². The molecule has 3 aromatic carbocycles. The molecule has 2 aromatic heterocycles. The topological polar surface area (TPSA) is 140 Å². The molecule has 11 nitrogen and oxygen atoms in total. The number of nitrogens with one attached hydrogen (secondary N) is 2. The molecule has 1 saturated heterocycles. The molecule has 254 valence electrons. The third-order valence-electron chi connectivity index (χ3n) is 8.35. The van der Waals surface area contributed by atoms with Crippen LogP contribution in [0.3, 0.4) is 0 Å². The predicted molar refractivity (Wildman–Crippen MR) is 179 cm³/mol. The molecular formula is C35H32F2N4O7S. The number of pyridine rings is 1. The second-order valence-corrected chi connectivity index (χ2v) is 13.3. The first-order valence-corrected chi connectivity index (χ1v) is 17.0. The van der Waals surface area contributed by atoms with Gasteiger partial charge in [-0.1, -0.05) is 12.1 Å². The zero-order valence-electron chi connectivity index (χ0n) is 27.0. The first-order chi connectivity index (χ1) is 23.4. The van der Waals surface area contributed by atoms with Crippen LogP contribution < -0.4 is 19.7 Å². The molecule has 2 amide bonds. The predicted octanol–water partition coefficient (Wildman–Crippen LogP) is 5.25. The Hall–Kier alpha value is -5.34. The monoisotopic (exact) mass is 690 g/mol. The van der Waals surface area contributed by atoms with Gasteiger partial charge in [-0.15, -0.1) is 0 Å². The van der Waals surface area contributed by atoms with Crippen LogP contribution in [0.5, 0.6) is 5.75 Å². The number of halogens is 2. The Morgan fingerprint density at radius 2 is 1.73 bits per heavy atom. The fraction of sp³-hybridized carbons (Fsp3) is 0.229. The highest BCUT2D eigenvalue weighted by Crippen LogP contribution is 2.45. The van der Waals surface area contributed by atoms with Crippen molar-refractivity contribution in [1.29, 1.82) is 0 Å². The lowest BCUT2D eigenvalue weighted by Crippen LogP contribution is -2.59. The van der Waals surface area contributed by atoms with Gasteiger partial charge in [0.15, 0.2) is 0 Å². The van der Waals surface area contributed by atoms with Gasteiger partial charge >= 0.3 is 0 Å². The lowest BCUT2D eigenvalue weighted by atomic mass is 9.91. The fourth-order valence-electron chi connectivity index (χ4n) is 5.96. The van der Waals surface area contributed by atoms with Crippen molar-refractivity contribution in [3.8, 4) is 28.2 Å². The minimum Gasteiger partial charge on any atom is -0.496 e. The van der Waals surface area contributed by atoms with E-state index < -0.39 is 39.0 Å². The highest BCUT2D eigenvalue weighted by molar-refractivity contribution is 7.92. The van der Waals surface area contributed by atoms with Gasteiger partial charge in [-0.05, 0) is 61.0 Å². The zero-order valence-corrected chi connectivity index (χ0v) is 27.8. The maximum atomic E-state index is 17.2. The second-order valence-electron chi connectivity index (χ2n) is 11.4. The van der Waals surface area contributed by atoms with E-state index in [4.69, 9.17) is 13.9 Å². The summed E-state index contributed by atoms with van der Waals surface area (Å²) in [5.41, 5.74) is -0.484. The molecule has 14 heteroatoms. The van der Waals surface area contributed by atoms with Gasteiger partial charge in [-0.25, -0.2) is 17.2 Å². The molecule has 1 aliphatic heterocycles. The summed E-state index contributed by atoms with van der Waals surface area (Å²) in [6.07, 6.45) is 2.59. The number of aromatic nitrogens is 1. The summed E-state index contributed by atoms with van der Waals surface area (Å²) in [5, 5.41) is 5.25.